The second-order valence-electron chi connectivity index (χ2n) is 8.13. The highest BCUT2D eigenvalue weighted by Gasteiger charge is 2.22. The summed E-state index contributed by atoms with van der Waals surface area (Å²) in [5.74, 6) is 1.82. The lowest BCUT2D eigenvalue weighted by Gasteiger charge is -2.14. The molecule has 1 unspecified atom stereocenters. The zero-order chi connectivity index (χ0) is 23.3. The molecule has 1 atom stereocenters. The fraction of sp³-hybridized carbons (Fsp3) is 0.375. The summed E-state index contributed by atoms with van der Waals surface area (Å²) >= 11 is 0. The van der Waals surface area contributed by atoms with Crippen LogP contribution in [0.5, 0.6) is 17.4 Å². The maximum Gasteiger partial charge on any atom is 0.303 e. The van der Waals surface area contributed by atoms with Crippen LogP contribution in [0.25, 0.3) is 0 Å². The highest BCUT2D eigenvalue weighted by atomic mass is 16.7. The molecule has 178 valence electrons. The highest BCUT2D eigenvalue weighted by Crippen LogP contribution is 2.36. The van der Waals surface area contributed by atoms with Gasteiger partial charge in [-0.25, -0.2) is 4.98 Å². The fourth-order valence-corrected chi connectivity index (χ4v) is 4.01. The first-order chi connectivity index (χ1) is 16.6. The lowest BCUT2D eigenvalue weighted by atomic mass is 9.91. The summed E-state index contributed by atoms with van der Waals surface area (Å²) in [6, 6.07) is 11.1. The van der Waals surface area contributed by atoms with Crippen molar-refractivity contribution in [1.82, 2.24) is 10.1 Å². The topological polar surface area (TPSA) is 125 Å². The van der Waals surface area contributed by atoms with Crippen LogP contribution in [0.1, 0.15) is 34.9 Å². The highest BCUT2D eigenvalue weighted by molar-refractivity contribution is 5.68. The Bertz CT molecular complexity index is 1160. The van der Waals surface area contributed by atoms with Gasteiger partial charge in [0.05, 0.1) is 26.2 Å². The van der Waals surface area contributed by atoms with Crippen LogP contribution in [0.3, 0.4) is 0 Å². The number of benzene rings is 1. The number of anilines is 1. The molecule has 0 spiro atoms. The Morgan fingerprint density at radius 1 is 1.18 bits per heavy atom. The van der Waals surface area contributed by atoms with Crippen molar-refractivity contribution in [2.24, 2.45) is 0 Å². The summed E-state index contributed by atoms with van der Waals surface area (Å²) < 4.78 is 27.4. The largest absolute Gasteiger partial charge is 0.481 e. The van der Waals surface area contributed by atoms with Crippen LogP contribution in [0.4, 0.5) is 5.82 Å². The van der Waals surface area contributed by atoms with Crippen molar-refractivity contribution in [3.8, 4) is 17.4 Å². The van der Waals surface area contributed by atoms with E-state index >= 15 is 0 Å². The number of hydrogen-bond acceptors (Lipinski definition) is 9. The number of aliphatic carboxylic acids is 1. The van der Waals surface area contributed by atoms with Gasteiger partial charge in [-0.2, -0.15) is 0 Å². The SMILES string of the molecule is O=C(O)CC(Cc1cc(OCCc2ccc3c(n2)NCCOC3)no1)c1ccc2c(c1)OCO2. The van der Waals surface area contributed by atoms with Gasteiger partial charge in [0.2, 0.25) is 6.79 Å². The smallest absolute Gasteiger partial charge is 0.303 e. The molecule has 0 aliphatic carbocycles. The third-order valence-electron chi connectivity index (χ3n) is 5.72. The average molecular weight is 467 g/mol. The van der Waals surface area contributed by atoms with E-state index in [2.05, 4.69) is 15.5 Å². The molecule has 0 fully saturated rings. The Balaban J connectivity index is 1.19. The van der Waals surface area contributed by atoms with Gasteiger partial charge in [-0.1, -0.05) is 12.1 Å². The molecule has 0 radical (unpaired) electrons. The number of nitrogens with zero attached hydrogens (tertiary/aromatic N) is 2. The summed E-state index contributed by atoms with van der Waals surface area (Å²) in [6.45, 7) is 2.50. The molecule has 0 amide bonds. The van der Waals surface area contributed by atoms with E-state index in [1.165, 1.54) is 0 Å². The Morgan fingerprint density at radius 2 is 2.09 bits per heavy atom. The standard InChI is InChI=1S/C24H25N3O7/c28-23(29)11-17(15-2-4-20-21(10-15)33-14-32-20)9-19-12-22(27-34-19)31-7-5-18-3-1-16-13-30-8-6-25-24(16)26-18/h1-4,10,12,17H,5-9,11,13-14H2,(H,25,26)(H,28,29). The Hall–Kier alpha value is -3.79. The summed E-state index contributed by atoms with van der Waals surface area (Å²) in [5, 5.41) is 16.6. The molecule has 2 aromatic heterocycles. The fourth-order valence-electron chi connectivity index (χ4n) is 4.01. The van der Waals surface area contributed by atoms with Crippen molar-refractivity contribution < 1.29 is 33.4 Å². The van der Waals surface area contributed by atoms with Gasteiger partial charge in [0.1, 0.15) is 11.6 Å². The van der Waals surface area contributed by atoms with Crippen LogP contribution >= 0.6 is 0 Å². The van der Waals surface area contributed by atoms with Crippen molar-refractivity contribution in [3.63, 3.8) is 0 Å². The number of carboxylic acid groups (broad SMARTS) is 1. The number of fused-ring (bicyclic) bond motifs is 2. The van der Waals surface area contributed by atoms with E-state index in [1.807, 2.05) is 24.3 Å². The first-order valence-electron chi connectivity index (χ1n) is 11.1. The minimum atomic E-state index is -0.895. The number of carboxylic acids is 1. The second kappa shape index (κ2) is 10.0. The van der Waals surface area contributed by atoms with E-state index in [4.69, 9.17) is 23.5 Å². The van der Waals surface area contributed by atoms with Crippen LogP contribution in [-0.2, 0) is 29.0 Å². The van der Waals surface area contributed by atoms with E-state index in [0.717, 1.165) is 29.2 Å². The Labute approximate surface area is 195 Å². The average Bonchev–Trinajstić information content (AvgIpc) is 3.41. The number of ether oxygens (including phenoxy) is 4. The normalized spacial score (nSPS) is 15.2. The van der Waals surface area contributed by atoms with Gasteiger partial charge in [-0.15, -0.1) is 0 Å². The second-order valence-corrected chi connectivity index (χ2v) is 8.13. The number of aromatic nitrogens is 2. The maximum absolute atomic E-state index is 11.5. The molecule has 1 aromatic carbocycles. The molecule has 0 bridgehead atoms. The van der Waals surface area contributed by atoms with Gasteiger partial charge in [-0.05, 0) is 28.9 Å². The third-order valence-corrected chi connectivity index (χ3v) is 5.72. The molecule has 5 rings (SSSR count). The number of nitrogens with one attached hydrogen (secondary N) is 1. The van der Waals surface area contributed by atoms with E-state index in [0.29, 0.717) is 55.8 Å². The predicted octanol–water partition coefficient (Wildman–Crippen LogP) is 3.16. The zero-order valence-electron chi connectivity index (χ0n) is 18.5. The summed E-state index contributed by atoms with van der Waals surface area (Å²) in [5.41, 5.74) is 2.78. The molecule has 0 saturated carbocycles. The van der Waals surface area contributed by atoms with Crippen molar-refractivity contribution in [1.29, 1.82) is 0 Å². The van der Waals surface area contributed by atoms with Crippen LogP contribution in [0.15, 0.2) is 40.9 Å². The molecule has 10 nitrogen and oxygen atoms in total. The quantitative estimate of drug-likeness (QED) is 0.485. The van der Waals surface area contributed by atoms with Crippen molar-refractivity contribution in [2.75, 3.05) is 31.9 Å². The predicted molar refractivity (Wildman–Crippen MR) is 119 cm³/mol. The Morgan fingerprint density at radius 3 is 3.00 bits per heavy atom. The molecular formula is C24H25N3O7. The van der Waals surface area contributed by atoms with Crippen molar-refractivity contribution in [3.05, 3.63) is 59.0 Å². The van der Waals surface area contributed by atoms with Crippen LogP contribution < -0.4 is 19.5 Å². The Kier molecular flexibility index (Phi) is 6.48. The monoisotopic (exact) mass is 467 g/mol. The van der Waals surface area contributed by atoms with Crippen molar-refractivity contribution in [2.45, 2.75) is 31.8 Å². The van der Waals surface area contributed by atoms with Crippen LogP contribution in [0, 0.1) is 0 Å². The van der Waals surface area contributed by atoms with Gasteiger partial charge >= 0.3 is 5.97 Å². The lowest BCUT2D eigenvalue weighted by molar-refractivity contribution is -0.137. The molecule has 4 heterocycles. The van der Waals surface area contributed by atoms with Crippen LogP contribution in [0.2, 0.25) is 0 Å². The molecule has 2 aliphatic heterocycles. The van der Waals surface area contributed by atoms with Gasteiger partial charge in [0.15, 0.2) is 11.5 Å². The van der Waals surface area contributed by atoms with Crippen LogP contribution in [-0.4, -0.2) is 47.8 Å². The third kappa shape index (κ3) is 5.23. The molecule has 2 N–H and O–H groups in total. The van der Waals surface area contributed by atoms with Gasteiger partial charge < -0.3 is 33.9 Å². The minimum absolute atomic E-state index is 0.0559. The van der Waals surface area contributed by atoms with E-state index in [9.17, 15) is 9.90 Å². The lowest BCUT2D eigenvalue weighted by Crippen LogP contribution is -2.09. The van der Waals surface area contributed by atoms with Gasteiger partial charge in [0, 0.05) is 42.6 Å². The van der Waals surface area contributed by atoms with Crippen molar-refractivity contribution >= 4 is 11.8 Å². The molecule has 3 aromatic rings. The molecule has 10 heteroatoms. The summed E-state index contributed by atoms with van der Waals surface area (Å²) in [6.07, 6.45) is 0.916. The summed E-state index contributed by atoms with van der Waals surface area (Å²) in [7, 11) is 0. The van der Waals surface area contributed by atoms with Gasteiger partial charge in [-0.3, -0.25) is 4.79 Å². The zero-order valence-corrected chi connectivity index (χ0v) is 18.5. The van der Waals surface area contributed by atoms with E-state index < -0.39 is 5.97 Å². The first kappa shape index (κ1) is 22.0. The number of carbonyl (C=O) groups is 1. The molecule has 34 heavy (non-hydrogen) atoms. The number of rotatable bonds is 9. The van der Waals surface area contributed by atoms with E-state index in [1.54, 1.807) is 12.1 Å². The van der Waals surface area contributed by atoms with E-state index in [-0.39, 0.29) is 19.1 Å². The maximum atomic E-state index is 11.5. The van der Waals surface area contributed by atoms with Gasteiger partial charge in [0.25, 0.3) is 5.88 Å². The summed E-state index contributed by atoms with van der Waals surface area (Å²) in [4.78, 5) is 16.1. The minimum Gasteiger partial charge on any atom is -0.481 e. The number of pyridine rings is 1. The molecule has 0 saturated heterocycles. The molecule has 2 aliphatic rings. The molecular weight excluding hydrogens is 442 g/mol. The number of hydrogen-bond donors (Lipinski definition) is 2. The first-order valence-corrected chi connectivity index (χ1v) is 11.1.